The summed E-state index contributed by atoms with van der Waals surface area (Å²) in [5.41, 5.74) is 4.40. The highest BCUT2D eigenvalue weighted by Crippen LogP contribution is 2.18. The van der Waals surface area contributed by atoms with Gasteiger partial charge in [-0.2, -0.15) is 0 Å². The third-order valence-corrected chi connectivity index (χ3v) is 5.29. The average Bonchev–Trinajstić information content (AvgIpc) is 3.20. The Morgan fingerprint density at radius 2 is 1.81 bits per heavy atom. The quantitative estimate of drug-likeness (QED) is 0.733. The topological polar surface area (TPSA) is 45.2 Å². The van der Waals surface area contributed by atoms with E-state index in [1.54, 1.807) is 0 Å². The molecule has 0 radical (unpaired) electrons. The van der Waals surface area contributed by atoms with Crippen LogP contribution in [0.3, 0.4) is 0 Å². The number of likely N-dealkylation sites (tertiary alicyclic amines) is 1. The van der Waals surface area contributed by atoms with E-state index in [1.165, 1.54) is 31.5 Å². The van der Waals surface area contributed by atoms with E-state index >= 15 is 0 Å². The molecule has 138 valence electrons. The summed E-state index contributed by atoms with van der Waals surface area (Å²) in [5.74, 6) is -0.115. The molecule has 4 rings (SSSR count). The molecule has 4 nitrogen and oxygen atoms in total. The monoisotopic (exact) mass is 359 g/mol. The van der Waals surface area contributed by atoms with Gasteiger partial charge in [0.15, 0.2) is 0 Å². The summed E-state index contributed by atoms with van der Waals surface area (Å²) in [7, 11) is 0. The van der Waals surface area contributed by atoms with Crippen molar-refractivity contribution < 1.29 is 4.79 Å². The number of hydrogen-bond acceptors (Lipinski definition) is 3. The summed E-state index contributed by atoms with van der Waals surface area (Å²) < 4.78 is 0. The zero-order valence-corrected chi connectivity index (χ0v) is 15.7. The van der Waals surface area contributed by atoms with Crippen molar-refractivity contribution in [1.82, 2.24) is 9.88 Å². The maximum atomic E-state index is 12.7. The second-order valence-corrected chi connectivity index (χ2v) is 7.26. The fourth-order valence-corrected chi connectivity index (χ4v) is 3.69. The SMILES string of the molecule is Cc1nc2ccccc2cc1C(=O)Nc1ccc(CCN2CCCC2)cc1. The number of hydrogen-bond donors (Lipinski definition) is 1. The molecule has 1 aromatic heterocycles. The first kappa shape index (κ1) is 17.7. The van der Waals surface area contributed by atoms with Crippen LogP contribution in [0.25, 0.3) is 10.9 Å². The summed E-state index contributed by atoms with van der Waals surface area (Å²) in [4.78, 5) is 19.8. The van der Waals surface area contributed by atoms with Crippen molar-refractivity contribution in [3.63, 3.8) is 0 Å². The largest absolute Gasteiger partial charge is 0.322 e. The fraction of sp³-hybridized carbons (Fsp3) is 0.304. The molecule has 1 fully saturated rings. The lowest BCUT2D eigenvalue weighted by Crippen LogP contribution is -2.21. The van der Waals surface area contributed by atoms with Crippen molar-refractivity contribution in [2.75, 3.05) is 25.0 Å². The van der Waals surface area contributed by atoms with Crippen LogP contribution in [0.15, 0.2) is 54.6 Å². The van der Waals surface area contributed by atoms with Crippen LogP contribution >= 0.6 is 0 Å². The number of pyridine rings is 1. The molecule has 27 heavy (non-hydrogen) atoms. The highest BCUT2D eigenvalue weighted by atomic mass is 16.1. The van der Waals surface area contributed by atoms with Gasteiger partial charge in [0.1, 0.15) is 0 Å². The molecule has 2 heterocycles. The van der Waals surface area contributed by atoms with E-state index in [4.69, 9.17) is 0 Å². The highest BCUT2D eigenvalue weighted by Gasteiger charge is 2.13. The number of aryl methyl sites for hydroxylation is 1. The Morgan fingerprint density at radius 1 is 1.07 bits per heavy atom. The summed E-state index contributed by atoms with van der Waals surface area (Å²) >= 11 is 0. The third-order valence-electron chi connectivity index (χ3n) is 5.29. The lowest BCUT2D eigenvalue weighted by Gasteiger charge is -2.14. The van der Waals surface area contributed by atoms with E-state index < -0.39 is 0 Å². The Hall–Kier alpha value is -2.72. The van der Waals surface area contributed by atoms with Gasteiger partial charge in [0.25, 0.3) is 5.91 Å². The number of carbonyl (C=O) groups excluding carboxylic acids is 1. The molecule has 1 aliphatic heterocycles. The lowest BCUT2D eigenvalue weighted by molar-refractivity contribution is 0.102. The predicted molar refractivity (Wildman–Crippen MR) is 110 cm³/mol. The van der Waals surface area contributed by atoms with Crippen LogP contribution in [0, 0.1) is 6.92 Å². The molecule has 4 heteroatoms. The summed E-state index contributed by atoms with van der Waals surface area (Å²) in [6.07, 6.45) is 3.71. The van der Waals surface area contributed by atoms with Gasteiger partial charge in [-0.3, -0.25) is 9.78 Å². The molecular weight excluding hydrogens is 334 g/mol. The average molecular weight is 359 g/mol. The molecule has 0 unspecified atom stereocenters. The number of para-hydroxylation sites is 1. The van der Waals surface area contributed by atoms with Crippen molar-refractivity contribution in [3.8, 4) is 0 Å². The lowest BCUT2D eigenvalue weighted by atomic mass is 10.1. The molecule has 3 aromatic rings. The molecule has 0 spiro atoms. The molecule has 1 amide bonds. The predicted octanol–water partition coefficient (Wildman–Crippen LogP) is 4.43. The first-order chi connectivity index (χ1) is 13.2. The van der Waals surface area contributed by atoms with Crippen LogP contribution in [0.4, 0.5) is 5.69 Å². The zero-order valence-electron chi connectivity index (χ0n) is 15.7. The third kappa shape index (κ3) is 4.17. The number of benzene rings is 2. The minimum absolute atomic E-state index is 0.115. The van der Waals surface area contributed by atoms with Crippen molar-refractivity contribution in [3.05, 3.63) is 71.4 Å². The van der Waals surface area contributed by atoms with Crippen LogP contribution in [-0.2, 0) is 6.42 Å². The Bertz CT molecular complexity index is 943. The van der Waals surface area contributed by atoms with E-state index in [1.807, 2.05) is 49.4 Å². The summed E-state index contributed by atoms with van der Waals surface area (Å²) in [6, 6.07) is 18.0. The molecular formula is C23H25N3O. The van der Waals surface area contributed by atoms with Crippen molar-refractivity contribution >= 4 is 22.5 Å². The van der Waals surface area contributed by atoms with Crippen molar-refractivity contribution in [2.45, 2.75) is 26.2 Å². The Balaban J connectivity index is 1.42. The Labute approximate surface area is 160 Å². The Kier molecular flexibility index (Phi) is 5.16. The minimum Gasteiger partial charge on any atom is -0.322 e. The minimum atomic E-state index is -0.115. The normalized spacial score (nSPS) is 14.6. The number of anilines is 1. The van der Waals surface area contributed by atoms with E-state index in [0.717, 1.165) is 35.2 Å². The van der Waals surface area contributed by atoms with Crippen LogP contribution in [-0.4, -0.2) is 35.4 Å². The molecule has 1 N–H and O–H groups in total. The second-order valence-electron chi connectivity index (χ2n) is 7.26. The van der Waals surface area contributed by atoms with Crippen LogP contribution in [0.1, 0.15) is 34.5 Å². The van der Waals surface area contributed by atoms with Gasteiger partial charge in [0, 0.05) is 17.6 Å². The van der Waals surface area contributed by atoms with Gasteiger partial charge in [0.05, 0.1) is 16.8 Å². The number of carbonyl (C=O) groups is 1. The smallest absolute Gasteiger partial charge is 0.257 e. The van der Waals surface area contributed by atoms with Crippen molar-refractivity contribution in [1.29, 1.82) is 0 Å². The fourth-order valence-electron chi connectivity index (χ4n) is 3.69. The number of nitrogens with one attached hydrogen (secondary N) is 1. The first-order valence-corrected chi connectivity index (χ1v) is 9.68. The molecule has 1 saturated heterocycles. The molecule has 0 saturated carbocycles. The van der Waals surface area contributed by atoms with Crippen LogP contribution in [0.5, 0.6) is 0 Å². The number of amides is 1. The van der Waals surface area contributed by atoms with E-state index in [-0.39, 0.29) is 5.91 Å². The van der Waals surface area contributed by atoms with Crippen molar-refractivity contribution in [2.24, 2.45) is 0 Å². The summed E-state index contributed by atoms with van der Waals surface area (Å²) in [6.45, 7) is 5.46. The second kappa shape index (κ2) is 7.89. The van der Waals surface area contributed by atoms with Gasteiger partial charge < -0.3 is 10.2 Å². The van der Waals surface area contributed by atoms with E-state index in [9.17, 15) is 4.79 Å². The Morgan fingerprint density at radius 3 is 2.59 bits per heavy atom. The number of rotatable bonds is 5. The van der Waals surface area contributed by atoms with E-state index in [2.05, 4.69) is 27.3 Å². The van der Waals surface area contributed by atoms with Gasteiger partial charge in [-0.1, -0.05) is 30.3 Å². The number of fused-ring (bicyclic) bond motifs is 1. The zero-order chi connectivity index (χ0) is 18.6. The summed E-state index contributed by atoms with van der Waals surface area (Å²) in [5, 5.41) is 3.98. The van der Waals surface area contributed by atoms with Gasteiger partial charge in [0.2, 0.25) is 0 Å². The van der Waals surface area contributed by atoms with Gasteiger partial charge in [-0.25, -0.2) is 0 Å². The van der Waals surface area contributed by atoms with Gasteiger partial charge in [-0.15, -0.1) is 0 Å². The van der Waals surface area contributed by atoms with Crippen LogP contribution < -0.4 is 5.32 Å². The number of aromatic nitrogens is 1. The van der Waals surface area contributed by atoms with Gasteiger partial charge in [-0.05, 0) is 69.1 Å². The maximum absolute atomic E-state index is 12.7. The molecule has 0 bridgehead atoms. The standard InChI is InChI=1S/C23H25N3O/c1-17-21(16-19-6-2-3-7-22(19)24-17)23(27)25-20-10-8-18(9-11-20)12-15-26-13-4-5-14-26/h2-3,6-11,16H,4-5,12-15H2,1H3,(H,25,27). The molecule has 0 atom stereocenters. The van der Waals surface area contributed by atoms with Crippen LogP contribution in [0.2, 0.25) is 0 Å². The maximum Gasteiger partial charge on any atom is 0.257 e. The van der Waals surface area contributed by atoms with E-state index in [0.29, 0.717) is 5.56 Å². The molecule has 0 aliphatic carbocycles. The highest BCUT2D eigenvalue weighted by molar-refractivity contribution is 6.06. The molecule has 1 aliphatic rings. The van der Waals surface area contributed by atoms with Gasteiger partial charge >= 0.3 is 0 Å². The first-order valence-electron chi connectivity index (χ1n) is 9.68. The number of nitrogens with zero attached hydrogens (tertiary/aromatic N) is 2. The molecule has 2 aromatic carbocycles.